The van der Waals surface area contributed by atoms with Crippen LogP contribution in [-0.4, -0.2) is 49.6 Å². The van der Waals surface area contributed by atoms with E-state index in [1.54, 1.807) is 0 Å². The molecule has 2 heterocycles. The van der Waals surface area contributed by atoms with E-state index in [2.05, 4.69) is 76.3 Å². The van der Waals surface area contributed by atoms with E-state index in [0.29, 0.717) is 0 Å². The van der Waals surface area contributed by atoms with E-state index in [9.17, 15) is 4.79 Å². The Hall–Kier alpha value is -3.31. The van der Waals surface area contributed by atoms with E-state index < -0.39 is 0 Å². The van der Waals surface area contributed by atoms with Crippen LogP contribution in [0.15, 0.2) is 78.9 Å². The Kier molecular flexibility index (Phi) is 6.05. The van der Waals surface area contributed by atoms with Crippen LogP contribution in [0, 0.1) is 6.92 Å². The zero-order chi connectivity index (χ0) is 22.8. The third kappa shape index (κ3) is 4.46. The molecule has 1 fully saturated rings. The van der Waals surface area contributed by atoms with Crippen molar-refractivity contribution in [1.82, 2.24) is 10.2 Å². The predicted octanol–water partition coefficient (Wildman–Crippen LogP) is 4.45. The van der Waals surface area contributed by atoms with Crippen LogP contribution in [0.5, 0.6) is 0 Å². The van der Waals surface area contributed by atoms with Gasteiger partial charge in [0.1, 0.15) is 6.17 Å². The minimum Gasteiger partial charge on any atom is -0.369 e. The third-order valence-corrected chi connectivity index (χ3v) is 6.82. The Morgan fingerprint density at radius 1 is 0.909 bits per heavy atom. The van der Waals surface area contributed by atoms with Gasteiger partial charge in [-0.15, -0.1) is 0 Å². The molecule has 5 nitrogen and oxygen atoms in total. The number of nitrogens with zero attached hydrogens (tertiary/aromatic N) is 3. The van der Waals surface area contributed by atoms with Gasteiger partial charge in [0.2, 0.25) is 0 Å². The van der Waals surface area contributed by atoms with Gasteiger partial charge in [-0.3, -0.25) is 9.69 Å². The lowest BCUT2D eigenvalue weighted by Crippen LogP contribution is -2.55. The highest BCUT2D eigenvalue weighted by Gasteiger charge is 2.35. The number of fused-ring (bicyclic) bond motifs is 1. The average molecular weight is 441 g/mol. The first-order valence-corrected chi connectivity index (χ1v) is 11.9. The minimum absolute atomic E-state index is 0.00493. The molecule has 2 atom stereocenters. The van der Waals surface area contributed by atoms with E-state index >= 15 is 0 Å². The quantitative estimate of drug-likeness (QED) is 0.636. The van der Waals surface area contributed by atoms with Crippen molar-refractivity contribution in [2.45, 2.75) is 26.1 Å². The molecule has 0 radical (unpaired) electrons. The molecule has 1 saturated heterocycles. The van der Waals surface area contributed by atoms with Gasteiger partial charge in [0.15, 0.2) is 0 Å². The Bertz CT molecular complexity index is 1110. The summed E-state index contributed by atoms with van der Waals surface area (Å²) in [6.45, 7) is 9.52. The standard InChI is InChI=1S/C28H32N4O/c1-21-9-8-12-24(19-21)31-17-15-30(16-18-31)20-22(2)32-26-14-7-6-13-25(26)28(33)29-27(32)23-10-4-3-5-11-23/h3-14,19,22,27H,15-18,20H2,1-2H3,(H,29,33). The summed E-state index contributed by atoms with van der Waals surface area (Å²) in [5.41, 5.74) is 5.50. The summed E-state index contributed by atoms with van der Waals surface area (Å²) >= 11 is 0. The second-order valence-corrected chi connectivity index (χ2v) is 9.19. The maximum absolute atomic E-state index is 12.9. The summed E-state index contributed by atoms with van der Waals surface area (Å²) in [4.78, 5) is 20.3. The molecule has 0 aliphatic carbocycles. The van der Waals surface area contributed by atoms with Gasteiger partial charge in [-0.25, -0.2) is 0 Å². The van der Waals surface area contributed by atoms with Crippen LogP contribution in [0.3, 0.4) is 0 Å². The summed E-state index contributed by atoms with van der Waals surface area (Å²) < 4.78 is 0. The smallest absolute Gasteiger partial charge is 0.255 e. The summed E-state index contributed by atoms with van der Waals surface area (Å²) in [5, 5.41) is 3.25. The monoisotopic (exact) mass is 440 g/mol. The molecular formula is C28H32N4O. The maximum atomic E-state index is 12.9. The van der Waals surface area contributed by atoms with Crippen LogP contribution < -0.4 is 15.1 Å². The normalized spacial score (nSPS) is 19.7. The lowest BCUT2D eigenvalue weighted by atomic mass is 10.0. The van der Waals surface area contributed by atoms with Crippen molar-refractivity contribution < 1.29 is 4.79 Å². The molecule has 0 spiro atoms. The summed E-state index contributed by atoms with van der Waals surface area (Å²) in [7, 11) is 0. The Morgan fingerprint density at radius 2 is 1.64 bits per heavy atom. The number of aryl methyl sites for hydroxylation is 1. The van der Waals surface area contributed by atoms with Gasteiger partial charge < -0.3 is 15.1 Å². The molecule has 5 rings (SSSR count). The van der Waals surface area contributed by atoms with Crippen molar-refractivity contribution >= 4 is 17.3 Å². The van der Waals surface area contributed by atoms with E-state index in [1.165, 1.54) is 11.3 Å². The number of amides is 1. The number of anilines is 2. The molecule has 5 heteroatoms. The number of carbonyl (C=O) groups excluding carboxylic acids is 1. The molecule has 1 N–H and O–H groups in total. The number of benzene rings is 3. The summed E-state index contributed by atoms with van der Waals surface area (Å²) in [6.07, 6.45) is -0.169. The fraction of sp³-hybridized carbons (Fsp3) is 0.321. The summed E-state index contributed by atoms with van der Waals surface area (Å²) in [6, 6.07) is 27.3. The molecule has 2 unspecified atom stereocenters. The number of para-hydroxylation sites is 1. The van der Waals surface area contributed by atoms with E-state index in [-0.39, 0.29) is 18.1 Å². The fourth-order valence-electron chi connectivity index (χ4n) is 5.15. The number of carbonyl (C=O) groups is 1. The molecule has 0 aromatic heterocycles. The lowest BCUT2D eigenvalue weighted by molar-refractivity contribution is 0.0922. The van der Waals surface area contributed by atoms with Gasteiger partial charge in [-0.05, 0) is 49.2 Å². The highest BCUT2D eigenvalue weighted by molar-refractivity contribution is 6.02. The van der Waals surface area contributed by atoms with Crippen LogP contribution in [0.25, 0.3) is 0 Å². The topological polar surface area (TPSA) is 38.8 Å². The van der Waals surface area contributed by atoms with Gasteiger partial charge >= 0.3 is 0 Å². The number of piperazine rings is 1. The average Bonchev–Trinajstić information content (AvgIpc) is 2.85. The van der Waals surface area contributed by atoms with Gasteiger partial charge in [0, 0.05) is 44.5 Å². The molecule has 33 heavy (non-hydrogen) atoms. The first-order valence-electron chi connectivity index (χ1n) is 11.9. The van der Waals surface area contributed by atoms with Crippen molar-refractivity contribution in [3.05, 3.63) is 95.6 Å². The van der Waals surface area contributed by atoms with Gasteiger partial charge in [0.25, 0.3) is 5.91 Å². The van der Waals surface area contributed by atoms with Gasteiger partial charge in [-0.2, -0.15) is 0 Å². The van der Waals surface area contributed by atoms with Crippen LogP contribution >= 0.6 is 0 Å². The maximum Gasteiger partial charge on any atom is 0.255 e. The van der Waals surface area contributed by atoms with Crippen LogP contribution in [0.1, 0.15) is 34.6 Å². The minimum atomic E-state index is -0.169. The first kappa shape index (κ1) is 21.5. The Labute approximate surface area is 196 Å². The van der Waals surface area contributed by atoms with Crippen molar-refractivity contribution in [3.8, 4) is 0 Å². The summed E-state index contributed by atoms with van der Waals surface area (Å²) in [5.74, 6) is -0.00493. The largest absolute Gasteiger partial charge is 0.369 e. The second-order valence-electron chi connectivity index (χ2n) is 9.19. The number of hydrogen-bond acceptors (Lipinski definition) is 4. The van der Waals surface area contributed by atoms with Crippen molar-refractivity contribution in [2.24, 2.45) is 0 Å². The predicted molar refractivity (Wildman–Crippen MR) is 135 cm³/mol. The van der Waals surface area contributed by atoms with Crippen molar-refractivity contribution in [3.63, 3.8) is 0 Å². The molecule has 2 aliphatic rings. The van der Waals surface area contributed by atoms with Crippen LogP contribution in [-0.2, 0) is 0 Å². The highest BCUT2D eigenvalue weighted by Crippen LogP contribution is 2.35. The zero-order valence-corrected chi connectivity index (χ0v) is 19.4. The number of rotatable bonds is 5. The van der Waals surface area contributed by atoms with Gasteiger partial charge in [0.05, 0.1) is 11.3 Å². The second kappa shape index (κ2) is 9.28. The number of nitrogens with one attached hydrogen (secondary N) is 1. The van der Waals surface area contributed by atoms with Gasteiger partial charge in [-0.1, -0.05) is 54.6 Å². The molecule has 0 bridgehead atoms. The van der Waals surface area contributed by atoms with E-state index in [0.717, 1.165) is 49.5 Å². The molecule has 1 amide bonds. The van der Waals surface area contributed by atoms with Crippen LogP contribution in [0.4, 0.5) is 11.4 Å². The third-order valence-electron chi connectivity index (χ3n) is 6.82. The Morgan fingerprint density at radius 3 is 2.39 bits per heavy atom. The molecule has 3 aromatic carbocycles. The Balaban J connectivity index is 1.33. The van der Waals surface area contributed by atoms with Crippen molar-refractivity contribution in [1.29, 1.82) is 0 Å². The van der Waals surface area contributed by atoms with Crippen LogP contribution in [0.2, 0.25) is 0 Å². The lowest BCUT2D eigenvalue weighted by Gasteiger charge is -2.45. The zero-order valence-electron chi connectivity index (χ0n) is 19.4. The molecule has 0 saturated carbocycles. The molecular weight excluding hydrogens is 408 g/mol. The first-order chi connectivity index (χ1) is 16.1. The fourth-order valence-corrected chi connectivity index (χ4v) is 5.15. The highest BCUT2D eigenvalue weighted by atomic mass is 16.2. The molecule has 170 valence electrons. The number of hydrogen-bond donors (Lipinski definition) is 1. The SMILES string of the molecule is Cc1cccc(N2CCN(CC(C)N3c4ccccc4C(=O)NC3c3ccccc3)CC2)c1. The molecule has 3 aromatic rings. The van der Waals surface area contributed by atoms with E-state index in [1.807, 2.05) is 36.4 Å². The molecule has 2 aliphatic heterocycles. The van der Waals surface area contributed by atoms with Crippen molar-refractivity contribution in [2.75, 3.05) is 42.5 Å². The van der Waals surface area contributed by atoms with E-state index in [4.69, 9.17) is 0 Å².